The maximum absolute atomic E-state index is 4.51. The van der Waals surface area contributed by atoms with Crippen LogP contribution in [0.3, 0.4) is 0 Å². The van der Waals surface area contributed by atoms with Crippen LogP contribution in [0.15, 0.2) is 17.8 Å². The third kappa shape index (κ3) is 2.80. The Morgan fingerprint density at radius 2 is 2.53 bits per heavy atom. The first kappa shape index (κ1) is 11.1. The fourth-order valence-corrected chi connectivity index (χ4v) is 2.81. The molecule has 0 saturated carbocycles. The Hall–Kier alpha value is -0.390. The van der Waals surface area contributed by atoms with Crippen LogP contribution in [0.2, 0.25) is 0 Å². The van der Waals surface area contributed by atoms with Crippen molar-refractivity contribution < 1.29 is 0 Å². The van der Waals surface area contributed by atoms with Crippen LogP contribution in [0, 0.1) is 0 Å². The molecule has 1 unspecified atom stereocenters. The first-order valence-electron chi connectivity index (χ1n) is 5.00. The average molecular weight is 288 g/mol. The highest BCUT2D eigenvalue weighted by molar-refractivity contribution is 9.09. The van der Waals surface area contributed by atoms with Gasteiger partial charge in [0.05, 0.1) is 5.69 Å². The fourth-order valence-electron chi connectivity index (χ4n) is 1.41. The highest BCUT2D eigenvalue weighted by Crippen LogP contribution is 2.11. The molecule has 1 N–H and O–H groups in total. The van der Waals surface area contributed by atoms with E-state index in [0.717, 1.165) is 29.0 Å². The van der Waals surface area contributed by atoms with Crippen LogP contribution in [0.5, 0.6) is 0 Å². The Morgan fingerprint density at radius 1 is 1.67 bits per heavy atom. The molecule has 2 aromatic rings. The van der Waals surface area contributed by atoms with Crippen LogP contribution >= 0.6 is 27.3 Å². The lowest BCUT2D eigenvalue weighted by atomic mass is 10.2. The van der Waals surface area contributed by atoms with Crippen LogP contribution in [0.4, 0.5) is 0 Å². The molecule has 1 atom stereocenters. The first-order valence-corrected chi connectivity index (χ1v) is 7.00. The van der Waals surface area contributed by atoms with E-state index in [9.17, 15) is 0 Å². The van der Waals surface area contributed by atoms with Crippen molar-refractivity contribution in [2.45, 2.75) is 25.9 Å². The Labute approximate surface area is 102 Å². The lowest BCUT2D eigenvalue weighted by Crippen LogP contribution is -2.25. The summed E-state index contributed by atoms with van der Waals surface area (Å²) in [6.07, 6.45) is 5.26. The zero-order chi connectivity index (χ0) is 10.7. The number of rotatable bonds is 5. The van der Waals surface area contributed by atoms with Crippen LogP contribution in [0.25, 0.3) is 4.96 Å². The number of nitrogens with one attached hydrogen (secondary N) is 1. The summed E-state index contributed by atoms with van der Waals surface area (Å²) in [6, 6.07) is 0.532. The van der Waals surface area contributed by atoms with Gasteiger partial charge in [-0.15, -0.1) is 11.3 Å². The standard InChI is InChI=1S/C10H14BrN3S/c1-8(2-3-11)12-6-9-7-14-4-5-15-10(14)13-9/h4-5,7-8,12H,2-3,6H2,1H3. The number of hydrogen-bond acceptors (Lipinski definition) is 3. The summed E-state index contributed by atoms with van der Waals surface area (Å²) in [7, 11) is 0. The molecule has 2 rings (SSSR count). The SMILES string of the molecule is CC(CCBr)NCc1cn2ccsc2n1. The number of thiazole rings is 1. The van der Waals surface area contributed by atoms with E-state index in [2.05, 4.69) is 43.8 Å². The molecule has 0 amide bonds. The molecule has 5 heteroatoms. The predicted octanol–water partition coefficient (Wildman–Crippen LogP) is 2.66. The van der Waals surface area contributed by atoms with E-state index in [-0.39, 0.29) is 0 Å². The average Bonchev–Trinajstić information content (AvgIpc) is 2.74. The highest BCUT2D eigenvalue weighted by atomic mass is 79.9. The van der Waals surface area contributed by atoms with Crippen LogP contribution < -0.4 is 5.32 Å². The van der Waals surface area contributed by atoms with Crippen LogP contribution in [0.1, 0.15) is 19.0 Å². The monoisotopic (exact) mass is 287 g/mol. The Balaban J connectivity index is 1.92. The summed E-state index contributed by atoms with van der Waals surface area (Å²) >= 11 is 5.11. The van der Waals surface area contributed by atoms with E-state index in [1.165, 1.54) is 0 Å². The third-order valence-corrected chi connectivity index (χ3v) is 3.55. The van der Waals surface area contributed by atoms with Crippen molar-refractivity contribution in [1.29, 1.82) is 0 Å². The smallest absolute Gasteiger partial charge is 0.193 e. The molecule has 0 aliphatic carbocycles. The molecule has 0 saturated heterocycles. The molecular weight excluding hydrogens is 274 g/mol. The van der Waals surface area contributed by atoms with Gasteiger partial charge in [0.2, 0.25) is 0 Å². The number of hydrogen-bond donors (Lipinski definition) is 1. The van der Waals surface area contributed by atoms with E-state index in [1.54, 1.807) is 11.3 Å². The minimum Gasteiger partial charge on any atom is -0.309 e. The number of halogens is 1. The molecule has 2 aromatic heterocycles. The molecule has 0 radical (unpaired) electrons. The fraction of sp³-hybridized carbons (Fsp3) is 0.500. The number of nitrogens with zero attached hydrogens (tertiary/aromatic N) is 2. The second-order valence-electron chi connectivity index (χ2n) is 3.58. The van der Waals surface area contributed by atoms with Gasteiger partial charge in [-0.05, 0) is 13.3 Å². The molecular formula is C10H14BrN3S. The van der Waals surface area contributed by atoms with E-state index < -0.39 is 0 Å². The number of fused-ring (bicyclic) bond motifs is 1. The minimum absolute atomic E-state index is 0.532. The lowest BCUT2D eigenvalue weighted by Gasteiger charge is -2.10. The first-order chi connectivity index (χ1) is 7.29. The molecule has 0 aromatic carbocycles. The normalized spacial score (nSPS) is 13.5. The number of imidazole rings is 1. The van der Waals surface area contributed by atoms with Gasteiger partial charge in [0.1, 0.15) is 0 Å². The van der Waals surface area contributed by atoms with Crippen LogP contribution in [-0.4, -0.2) is 20.8 Å². The van der Waals surface area contributed by atoms with Gasteiger partial charge >= 0.3 is 0 Å². The van der Waals surface area contributed by atoms with Gasteiger partial charge in [0.25, 0.3) is 0 Å². The molecule has 3 nitrogen and oxygen atoms in total. The summed E-state index contributed by atoms with van der Waals surface area (Å²) in [5.41, 5.74) is 1.11. The maximum Gasteiger partial charge on any atom is 0.193 e. The summed E-state index contributed by atoms with van der Waals surface area (Å²) < 4.78 is 2.07. The van der Waals surface area contributed by atoms with Gasteiger partial charge in [0, 0.05) is 35.7 Å². The molecule has 0 spiro atoms. The molecule has 0 bridgehead atoms. The van der Waals surface area contributed by atoms with E-state index in [1.807, 2.05) is 11.6 Å². The van der Waals surface area contributed by atoms with Crippen molar-refractivity contribution in [3.8, 4) is 0 Å². The van der Waals surface area contributed by atoms with E-state index >= 15 is 0 Å². The summed E-state index contributed by atoms with van der Waals surface area (Å²) in [6.45, 7) is 3.04. The summed E-state index contributed by atoms with van der Waals surface area (Å²) in [5.74, 6) is 0. The van der Waals surface area contributed by atoms with Crippen molar-refractivity contribution in [3.63, 3.8) is 0 Å². The van der Waals surface area contributed by atoms with Gasteiger partial charge in [-0.2, -0.15) is 0 Å². The Kier molecular flexibility index (Phi) is 3.77. The van der Waals surface area contributed by atoms with E-state index in [0.29, 0.717) is 6.04 Å². The van der Waals surface area contributed by atoms with Crippen molar-refractivity contribution >= 4 is 32.2 Å². The molecule has 2 heterocycles. The molecule has 0 aliphatic rings. The molecule has 82 valence electrons. The zero-order valence-corrected chi connectivity index (χ0v) is 11.0. The number of alkyl halides is 1. The largest absolute Gasteiger partial charge is 0.309 e. The maximum atomic E-state index is 4.51. The lowest BCUT2D eigenvalue weighted by molar-refractivity contribution is 0.534. The second kappa shape index (κ2) is 5.09. The predicted molar refractivity (Wildman–Crippen MR) is 67.8 cm³/mol. The quantitative estimate of drug-likeness (QED) is 0.857. The zero-order valence-electron chi connectivity index (χ0n) is 8.61. The van der Waals surface area contributed by atoms with Crippen molar-refractivity contribution in [2.24, 2.45) is 0 Å². The van der Waals surface area contributed by atoms with Crippen molar-refractivity contribution in [2.75, 3.05) is 5.33 Å². The summed E-state index contributed by atoms with van der Waals surface area (Å²) in [5, 5.41) is 6.54. The molecule has 0 aliphatic heterocycles. The highest BCUT2D eigenvalue weighted by Gasteiger charge is 2.04. The van der Waals surface area contributed by atoms with E-state index in [4.69, 9.17) is 0 Å². The van der Waals surface area contributed by atoms with Gasteiger partial charge in [0.15, 0.2) is 4.96 Å². The van der Waals surface area contributed by atoms with Crippen molar-refractivity contribution in [1.82, 2.24) is 14.7 Å². The van der Waals surface area contributed by atoms with Gasteiger partial charge in [-0.25, -0.2) is 4.98 Å². The number of aromatic nitrogens is 2. The topological polar surface area (TPSA) is 29.3 Å². The van der Waals surface area contributed by atoms with Gasteiger partial charge in [-0.3, -0.25) is 4.40 Å². The van der Waals surface area contributed by atoms with Gasteiger partial charge in [-0.1, -0.05) is 15.9 Å². The third-order valence-electron chi connectivity index (χ3n) is 2.32. The molecule has 15 heavy (non-hydrogen) atoms. The van der Waals surface area contributed by atoms with Crippen LogP contribution in [-0.2, 0) is 6.54 Å². The Bertz CT molecular complexity index is 394. The second-order valence-corrected chi connectivity index (χ2v) is 5.25. The molecule has 0 fully saturated rings. The Morgan fingerprint density at radius 3 is 3.27 bits per heavy atom. The summed E-state index contributed by atoms with van der Waals surface area (Å²) in [4.78, 5) is 5.58. The van der Waals surface area contributed by atoms with Crippen molar-refractivity contribution in [3.05, 3.63) is 23.5 Å². The van der Waals surface area contributed by atoms with Gasteiger partial charge < -0.3 is 5.32 Å². The minimum atomic E-state index is 0.532.